The standard InChI is InChI=1S/C14H16BrN3O/c1-7-5-10(6-8(2)12(7)19)13-17-9(3)11(15)14(16-4)18-13/h5-6,19H,1-4H3,(H,16,17,18). The molecule has 0 fully saturated rings. The van der Waals surface area contributed by atoms with Gasteiger partial charge in [0, 0.05) is 12.6 Å². The Morgan fingerprint density at radius 2 is 1.68 bits per heavy atom. The molecule has 0 atom stereocenters. The van der Waals surface area contributed by atoms with Crippen molar-refractivity contribution >= 4 is 21.7 Å². The quantitative estimate of drug-likeness (QED) is 0.887. The lowest BCUT2D eigenvalue weighted by molar-refractivity contribution is 0.467. The lowest BCUT2D eigenvalue weighted by Crippen LogP contribution is -2.01. The van der Waals surface area contributed by atoms with Crippen molar-refractivity contribution in [2.24, 2.45) is 0 Å². The van der Waals surface area contributed by atoms with Gasteiger partial charge in [0.15, 0.2) is 5.82 Å². The number of halogens is 1. The molecule has 0 spiro atoms. The van der Waals surface area contributed by atoms with Crippen LogP contribution in [0.3, 0.4) is 0 Å². The second-order valence-electron chi connectivity index (χ2n) is 4.50. The Kier molecular flexibility index (Phi) is 3.75. The minimum Gasteiger partial charge on any atom is -0.507 e. The van der Waals surface area contributed by atoms with E-state index in [4.69, 9.17) is 0 Å². The number of phenolic OH excluding ortho intramolecular Hbond substituents is 1. The summed E-state index contributed by atoms with van der Waals surface area (Å²) < 4.78 is 0.867. The van der Waals surface area contributed by atoms with E-state index in [-0.39, 0.29) is 0 Å². The first kappa shape index (κ1) is 13.8. The van der Waals surface area contributed by atoms with Crippen LogP contribution in [0.25, 0.3) is 11.4 Å². The molecular weight excluding hydrogens is 306 g/mol. The van der Waals surface area contributed by atoms with Crippen LogP contribution in [-0.2, 0) is 0 Å². The Labute approximate surface area is 121 Å². The molecule has 5 heteroatoms. The monoisotopic (exact) mass is 321 g/mol. The van der Waals surface area contributed by atoms with Crippen molar-refractivity contribution in [2.75, 3.05) is 12.4 Å². The van der Waals surface area contributed by atoms with Gasteiger partial charge >= 0.3 is 0 Å². The largest absolute Gasteiger partial charge is 0.507 e. The fourth-order valence-corrected chi connectivity index (χ4v) is 2.31. The zero-order valence-corrected chi connectivity index (χ0v) is 13.0. The van der Waals surface area contributed by atoms with Gasteiger partial charge in [0.05, 0.1) is 10.2 Å². The van der Waals surface area contributed by atoms with Crippen LogP contribution in [0.1, 0.15) is 16.8 Å². The molecule has 0 aliphatic carbocycles. The highest BCUT2D eigenvalue weighted by atomic mass is 79.9. The third-order valence-electron chi connectivity index (χ3n) is 3.00. The van der Waals surface area contributed by atoms with Crippen molar-refractivity contribution in [2.45, 2.75) is 20.8 Å². The summed E-state index contributed by atoms with van der Waals surface area (Å²) in [6.07, 6.45) is 0. The van der Waals surface area contributed by atoms with Gasteiger partial charge in [-0.05, 0) is 60.0 Å². The van der Waals surface area contributed by atoms with E-state index in [9.17, 15) is 5.11 Å². The van der Waals surface area contributed by atoms with E-state index < -0.39 is 0 Å². The lowest BCUT2D eigenvalue weighted by atomic mass is 10.1. The smallest absolute Gasteiger partial charge is 0.161 e. The van der Waals surface area contributed by atoms with Crippen LogP contribution in [0.4, 0.5) is 5.82 Å². The van der Waals surface area contributed by atoms with Gasteiger partial charge in [-0.1, -0.05) is 0 Å². The number of aromatic hydroxyl groups is 1. The molecule has 2 N–H and O–H groups in total. The first-order valence-electron chi connectivity index (χ1n) is 5.96. The molecule has 0 saturated carbocycles. The van der Waals surface area contributed by atoms with E-state index in [0.29, 0.717) is 11.6 Å². The summed E-state index contributed by atoms with van der Waals surface area (Å²) in [5.74, 6) is 1.73. The summed E-state index contributed by atoms with van der Waals surface area (Å²) in [4.78, 5) is 8.97. The van der Waals surface area contributed by atoms with E-state index in [1.807, 2.05) is 40.0 Å². The average molecular weight is 322 g/mol. The number of benzene rings is 1. The van der Waals surface area contributed by atoms with Crippen molar-refractivity contribution < 1.29 is 5.11 Å². The minimum absolute atomic E-state index is 0.325. The number of aromatic nitrogens is 2. The number of hydrogen-bond acceptors (Lipinski definition) is 4. The fourth-order valence-electron chi connectivity index (χ4n) is 1.94. The number of hydrogen-bond donors (Lipinski definition) is 2. The van der Waals surface area contributed by atoms with E-state index in [1.165, 1.54) is 0 Å². The summed E-state index contributed by atoms with van der Waals surface area (Å²) in [6.45, 7) is 5.67. The van der Waals surface area contributed by atoms with Crippen molar-refractivity contribution in [3.05, 3.63) is 33.4 Å². The highest BCUT2D eigenvalue weighted by molar-refractivity contribution is 9.10. The molecule has 0 unspecified atom stereocenters. The lowest BCUT2D eigenvalue weighted by Gasteiger charge is -2.11. The maximum atomic E-state index is 9.82. The second-order valence-corrected chi connectivity index (χ2v) is 5.30. The maximum absolute atomic E-state index is 9.82. The predicted molar refractivity (Wildman–Crippen MR) is 80.6 cm³/mol. The molecule has 1 aromatic carbocycles. The number of rotatable bonds is 2. The van der Waals surface area contributed by atoms with Crippen LogP contribution in [-0.4, -0.2) is 22.1 Å². The molecule has 19 heavy (non-hydrogen) atoms. The van der Waals surface area contributed by atoms with Crippen LogP contribution in [0.15, 0.2) is 16.6 Å². The molecule has 0 aliphatic heterocycles. The van der Waals surface area contributed by atoms with Gasteiger partial charge in [0.25, 0.3) is 0 Å². The van der Waals surface area contributed by atoms with Gasteiger partial charge in [-0.3, -0.25) is 0 Å². The number of anilines is 1. The highest BCUT2D eigenvalue weighted by Crippen LogP contribution is 2.30. The summed E-state index contributed by atoms with van der Waals surface area (Å²) in [5, 5.41) is 12.9. The minimum atomic E-state index is 0.325. The van der Waals surface area contributed by atoms with Crippen LogP contribution in [0, 0.1) is 20.8 Å². The zero-order chi connectivity index (χ0) is 14.2. The highest BCUT2D eigenvalue weighted by Gasteiger charge is 2.12. The second kappa shape index (κ2) is 5.17. The van der Waals surface area contributed by atoms with Gasteiger partial charge < -0.3 is 10.4 Å². The maximum Gasteiger partial charge on any atom is 0.161 e. The summed E-state index contributed by atoms with van der Waals surface area (Å²) >= 11 is 3.46. The van der Waals surface area contributed by atoms with E-state index in [0.717, 1.165) is 32.7 Å². The van der Waals surface area contributed by atoms with Gasteiger partial charge in [0.1, 0.15) is 11.6 Å². The molecule has 0 bridgehead atoms. The van der Waals surface area contributed by atoms with Crippen LogP contribution >= 0.6 is 15.9 Å². The fraction of sp³-hybridized carbons (Fsp3) is 0.286. The Morgan fingerprint density at radius 3 is 2.21 bits per heavy atom. The van der Waals surface area contributed by atoms with Crippen molar-refractivity contribution in [3.63, 3.8) is 0 Å². The number of nitrogens with zero attached hydrogens (tertiary/aromatic N) is 2. The van der Waals surface area contributed by atoms with E-state index >= 15 is 0 Å². The van der Waals surface area contributed by atoms with Crippen molar-refractivity contribution in [3.8, 4) is 17.1 Å². The topological polar surface area (TPSA) is 58.0 Å². The van der Waals surface area contributed by atoms with Crippen molar-refractivity contribution in [1.82, 2.24) is 9.97 Å². The van der Waals surface area contributed by atoms with Crippen LogP contribution < -0.4 is 5.32 Å². The van der Waals surface area contributed by atoms with Gasteiger partial charge in [-0.25, -0.2) is 9.97 Å². The molecule has 100 valence electrons. The van der Waals surface area contributed by atoms with E-state index in [1.54, 1.807) is 0 Å². The third kappa shape index (κ3) is 2.56. The normalized spacial score (nSPS) is 10.6. The molecular formula is C14H16BrN3O. The Balaban J connectivity index is 2.62. The zero-order valence-electron chi connectivity index (χ0n) is 11.4. The van der Waals surface area contributed by atoms with E-state index in [2.05, 4.69) is 31.2 Å². The first-order chi connectivity index (χ1) is 8.93. The predicted octanol–water partition coefficient (Wildman–Crippen LogP) is 3.58. The Bertz CT molecular complexity index is 618. The Morgan fingerprint density at radius 1 is 1.11 bits per heavy atom. The molecule has 0 saturated heterocycles. The van der Waals surface area contributed by atoms with Gasteiger partial charge in [0.2, 0.25) is 0 Å². The SMILES string of the molecule is CNc1nc(-c2cc(C)c(O)c(C)c2)nc(C)c1Br. The Hall–Kier alpha value is -1.62. The third-order valence-corrected chi connectivity index (χ3v) is 3.95. The molecule has 1 aromatic heterocycles. The average Bonchev–Trinajstić information content (AvgIpc) is 2.38. The molecule has 1 heterocycles. The summed E-state index contributed by atoms with van der Waals surface area (Å²) in [6, 6.07) is 3.79. The van der Waals surface area contributed by atoms with Gasteiger partial charge in [-0.2, -0.15) is 0 Å². The first-order valence-corrected chi connectivity index (χ1v) is 6.75. The molecule has 4 nitrogen and oxygen atoms in total. The van der Waals surface area contributed by atoms with Gasteiger partial charge in [-0.15, -0.1) is 0 Å². The molecule has 2 rings (SSSR count). The number of nitrogens with one attached hydrogen (secondary N) is 1. The molecule has 0 radical (unpaired) electrons. The van der Waals surface area contributed by atoms with Crippen LogP contribution in [0.5, 0.6) is 5.75 Å². The summed E-state index contributed by atoms with van der Waals surface area (Å²) in [5.41, 5.74) is 3.42. The summed E-state index contributed by atoms with van der Waals surface area (Å²) in [7, 11) is 1.82. The number of phenols is 1. The molecule has 2 aromatic rings. The van der Waals surface area contributed by atoms with Crippen molar-refractivity contribution in [1.29, 1.82) is 0 Å². The molecule has 0 aliphatic rings. The van der Waals surface area contributed by atoms with Crippen LogP contribution in [0.2, 0.25) is 0 Å². The molecule has 0 amide bonds. The number of aryl methyl sites for hydroxylation is 3.